The predicted molar refractivity (Wildman–Crippen MR) is 59.9 cm³/mol. The number of aryl methyl sites for hydroxylation is 1. The van der Waals surface area contributed by atoms with Crippen molar-refractivity contribution in [2.45, 2.75) is 32.9 Å². The minimum Gasteiger partial charge on any atom is -0.468 e. The van der Waals surface area contributed by atoms with Gasteiger partial charge in [-0.3, -0.25) is 5.32 Å². The van der Waals surface area contributed by atoms with Crippen LogP contribution in [-0.4, -0.2) is 4.98 Å². The van der Waals surface area contributed by atoms with Crippen LogP contribution in [-0.2, 0) is 0 Å². The summed E-state index contributed by atoms with van der Waals surface area (Å²) in [5.74, 6) is 2.44. The van der Waals surface area contributed by atoms with Gasteiger partial charge in [-0.15, -0.1) is 0 Å². The van der Waals surface area contributed by atoms with Crippen LogP contribution < -0.4 is 5.32 Å². The van der Waals surface area contributed by atoms with Gasteiger partial charge in [-0.2, -0.15) is 0 Å². The molecule has 2 aromatic rings. The van der Waals surface area contributed by atoms with E-state index in [1.807, 2.05) is 32.9 Å². The maximum absolute atomic E-state index is 5.46. The normalized spacial score (nSPS) is 14.9. The lowest BCUT2D eigenvalue weighted by Crippen LogP contribution is -2.22. The second-order valence-corrected chi connectivity index (χ2v) is 3.93. The highest BCUT2D eigenvalue weighted by atomic mass is 16.4. The van der Waals surface area contributed by atoms with Crippen molar-refractivity contribution in [1.82, 2.24) is 10.3 Å². The topological polar surface area (TPSA) is 51.2 Å². The second-order valence-electron chi connectivity index (χ2n) is 3.93. The highest BCUT2D eigenvalue weighted by molar-refractivity contribution is 5.04. The van der Waals surface area contributed by atoms with Crippen LogP contribution in [0.5, 0.6) is 0 Å². The molecule has 0 saturated heterocycles. The van der Waals surface area contributed by atoms with Crippen molar-refractivity contribution in [3.63, 3.8) is 0 Å². The Morgan fingerprint density at radius 3 is 2.69 bits per heavy atom. The molecule has 0 aliphatic rings. The molecule has 2 heterocycles. The van der Waals surface area contributed by atoms with E-state index in [9.17, 15) is 0 Å². The Hall–Kier alpha value is -1.55. The maximum atomic E-state index is 5.46. The van der Waals surface area contributed by atoms with Crippen molar-refractivity contribution < 1.29 is 8.83 Å². The Balaban J connectivity index is 2.00. The highest BCUT2D eigenvalue weighted by Gasteiger charge is 2.16. The van der Waals surface area contributed by atoms with Crippen LogP contribution in [0, 0.1) is 6.92 Å². The van der Waals surface area contributed by atoms with Crippen molar-refractivity contribution in [2.24, 2.45) is 0 Å². The SMILES string of the molecule is Cc1cnc(C(C)NC(C)c2ccco2)o1. The van der Waals surface area contributed by atoms with Gasteiger partial charge in [0.25, 0.3) is 0 Å². The Morgan fingerprint density at radius 2 is 2.12 bits per heavy atom. The van der Waals surface area contributed by atoms with Crippen LogP contribution in [0.4, 0.5) is 0 Å². The molecule has 2 aromatic heterocycles. The van der Waals surface area contributed by atoms with Crippen molar-refractivity contribution in [3.05, 3.63) is 42.0 Å². The molecule has 16 heavy (non-hydrogen) atoms. The van der Waals surface area contributed by atoms with E-state index in [2.05, 4.69) is 10.3 Å². The first-order chi connectivity index (χ1) is 7.66. The average molecular weight is 220 g/mol. The smallest absolute Gasteiger partial charge is 0.211 e. The molecule has 2 rings (SSSR count). The molecular weight excluding hydrogens is 204 g/mol. The molecule has 0 spiro atoms. The van der Waals surface area contributed by atoms with Gasteiger partial charge in [0.05, 0.1) is 24.5 Å². The van der Waals surface area contributed by atoms with Gasteiger partial charge in [0.1, 0.15) is 11.5 Å². The Kier molecular flexibility index (Phi) is 3.10. The average Bonchev–Trinajstić information content (AvgIpc) is 2.87. The molecule has 2 atom stereocenters. The van der Waals surface area contributed by atoms with Gasteiger partial charge in [0, 0.05) is 0 Å². The third-order valence-electron chi connectivity index (χ3n) is 2.48. The number of aromatic nitrogens is 1. The summed E-state index contributed by atoms with van der Waals surface area (Å²) in [5, 5.41) is 3.36. The Morgan fingerprint density at radius 1 is 1.31 bits per heavy atom. The van der Waals surface area contributed by atoms with Gasteiger partial charge in [0.2, 0.25) is 5.89 Å². The molecule has 86 valence electrons. The molecule has 0 fully saturated rings. The summed E-state index contributed by atoms with van der Waals surface area (Å²) in [5.41, 5.74) is 0. The zero-order valence-electron chi connectivity index (χ0n) is 9.73. The van der Waals surface area contributed by atoms with Crippen molar-refractivity contribution in [3.8, 4) is 0 Å². The molecule has 4 nitrogen and oxygen atoms in total. The lowest BCUT2D eigenvalue weighted by molar-refractivity contribution is 0.353. The van der Waals surface area contributed by atoms with E-state index < -0.39 is 0 Å². The first-order valence-electron chi connectivity index (χ1n) is 5.38. The molecule has 0 aliphatic carbocycles. The summed E-state index contributed by atoms with van der Waals surface area (Å²) in [6.07, 6.45) is 3.40. The molecular formula is C12H16N2O2. The molecule has 4 heteroatoms. The molecule has 0 radical (unpaired) electrons. The third-order valence-corrected chi connectivity index (χ3v) is 2.48. The summed E-state index contributed by atoms with van der Waals surface area (Å²) < 4.78 is 10.8. The van der Waals surface area contributed by atoms with Gasteiger partial charge in [-0.25, -0.2) is 4.98 Å². The summed E-state index contributed by atoms with van der Waals surface area (Å²) in [6.45, 7) is 5.95. The number of hydrogen-bond acceptors (Lipinski definition) is 4. The predicted octanol–water partition coefficient (Wildman–Crippen LogP) is 2.99. The second kappa shape index (κ2) is 4.53. The Labute approximate surface area is 94.7 Å². The molecule has 0 aliphatic heterocycles. The number of nitrogens with zero attached hydrogens (tertiary/aromatic N) is 1. The number of hydrogen-bond donors (Lipinski definition) is 1. The van der Waals surface area contributed by atoms with Crippen LogP contribution in [0.15, 0.2) is 33.4 Å². The van der Waals surface area contributed by atoms with Crippen LogP contribution in [0.25, 0.3) is 0 Å². The van der Waals surface area contributed by atoms with E-state index in [-0.39, 0.29) is 12.1 Å². The summed E-state index contributed by atoms with van der Waals surface area (Å²) in [7, 11) is 0. The Bertz CT molecular complexity index is 434. The van der Waals surface area contributed by atoms with E-state index in [1.165, 1.54) is 0 Å². The van der Waals surface area contributed by atoms with Crippen LogP contribution in [0.1, 0.15) is 43.3 Å². The molecule has 2 unspecified atom stereocenters. The van der Waals surface area contributed by atoms with Gasteiger partial charge in [0.15, 0.2) is 0 Å². The molecule has 0 aromatic carbocycles. The van der Waals surface area contributed by atoms with E-state index in [0.29, 0.717) is 5.89 Å². The van der Waals surface area contributed by atoms with Crippen molar-refractivity contribution >= 4 is 0 Å². The largest absolute Gasteiger partial charge is 0.468 e. The minimum absolute atomic E-state index is 0.0637. The number of oxazole rings is 1. The third kappa shape index (κ3) is 2.33. The first kappa shape index (κ1) is 11.0. The fourth-order valence-corrected chi connectivity index (χ4v) is 1.64. The fourth-order valence-electron chi connectivity index (χ4n) is 1.64. The number of rotatable bonds is 4. The van der Waals surface area contributed by atoms with E-state index >= 15 is 0 Å². The van der Waals surface area contributed by atoms with Crippen molar-refractivity contribution in [1.29, 1.82) is 0 Å². The molecule has 0 bridgehead atoms. The molecule has 0 amide bonds. The monoisotopic (exact) mass is 220 g/mol. The molecule has 0 saturated carbocycles. The minimum atomic E-state index is 0.0637. The standard InChI is InChI=1S/C12H16N2O2/c1-8-7-13-12(16-8)10(3)14-9(2)11-5-4-6-15-11/h4-7,9-10,14H,1-3H3. The van der Waals surface area contributed by atoms with E-state index in [0.717, 1.165) is 11.5 Å². The first-order valence-corrected chi connectivity index (χ1v) is 5.38. The summed E-state index contributed by atoms with van der Waals surface area (Å²) in [4.78, 5) is 4.19. The number of furan rings is 1. The van der Waals surface area contributed by atoms with Gasteiger partial charge >= 0.3 is 0 Å². The molecule has 1 N–H and O–H groups in total. The van der Waals surface area contributed by atoms with Gasteiger partial charge in [-0.05, 0) is 32.9 Å². The quantitative estimate of drug-likeness (QED) is 0.860. The van der Waals surface area contributed by atoms with Crippen molar-refractivity contribution in [2.75, 3.05) is 0 Å². The lowest BCUT2D eigenvalue weighted by atomic mass is 10.2. The summed E-state index contributed by atoms with van der Waals surface area (Å²) >= 11 is 0. The van der Waals surface area contributed by atoms with E-state index in [4.69, 9.17) is 8.83 Å². The van der Waals surface area contributed by atoms with Crippen LogP contribution in [0.3, 0.4) is 0 Å². The summed E-state index contributed by atoms with van der Waals surface area (Å²) in [6, 6.07) is 4.03. The van der Waals surface area contributed by atoms with Gasteiger partial charge in [-0.1, -0.05) is 0 Å². The highest BCUT2D eigenvalue weighted by Crippen LogP contribution is 2.19. The zero-order valence-corrected chi connectivity index (χ0v) is 9.73. The fraction of sp³-hybridized carbons (Fsp3) is 0.417. The number of nitrogens with one attached hydrogen (secondary N) is 1. The van der Waals surface area contributed by atoms with Crippen LogP contribution in [0.2, 0.25) is 0 Å². The van der Waals surface area contributed by atoms with Crippen LogP contribution >= 0.6 is 0 Å². The zero-order chi connectivity index (χ0) is 11.5. The lowest BCUT2D eigenvalue weighted by Gasteiger charge is -2.15. The van der Waals surface area contributed by atoms with E-state index in [1.54, 1.807) is 12.5 Å². The maximum Gasteiger partial charge on any atom is 0.211 e. The van der Waals surface area contributed by atoms with Gasteiger partial charge < -0.3 is 8.83 Å².